The molecule has 1 aromatic heterocycles. The van der Waals surface area contributed by atoms with E-state index in [0.717, 1.165) is 24.0 Å². The summed E-state index contributed by atoms with van der Waals surface area (Å²) in [6, 6.07) is 18.7. The normalized spacial score (nSPS) is 11.1. The topological polar surface area (TPSA) is 46.3 Å². The second-order valence-corrected chi connectivity index (χ2v) is 7.90. The van der Waals surface area contributed by atoms with E-state index < -0.39 is 0 Å². The molecule has 4 nitrogen and oxygen atoms in total. The van der Waals surface area contributed by atoms with Crippen LogP contribution in [0.5, 0.6) is 11.5 Å². The highest BCUT2D eigenvalue weighted by Gasteiger charge is 2.11. The predicted molar refractivity (Wildman–Crippen MR) is 127 cm³/mol. The molecule has 1 heterocycles. The van der Waals surface area contributed by atoms with Crippen LogP contribution in [0.1, 0.15) is 23.6 Å². The third-order valence-electron chi connectivity index (χ3n) is 5.32. The Hall–Kier alpha value is -3.02. The van der Waals surface area contributed by atoms with E-state index in [-0.39, 0.29) is 12.4 Å². The van der Waals surface area contributed by atoms with E-state index in [1.54, 1.807) is 12.1 Å². The van der Waals surface area contributed by atoms with Crippen molar-refractivity contribution in [1.82, 2.24) is 10.3 Å². The van der Waals surface area contributed by atoms with Gasteiger partial charge in [0.25, 0.3) is 0 Å². The van der Waals surface area contributed by atoms with Gasteiger partial charge in [0.2, 0.25) is 0 Å². The predicted octanol–water partition coefficient (Wildman–Crippen LogP) is 6.27. The SMILES string of the molecule is CCOc1cc(CNCCc2c[nH]c3ccccc23)ccc1OCc1c(F)cccc1Cl. The smallest absolute Gasteiger partial charge is 0.161 e. The number of H-pyrrole nitrogens is 1. The Kier molecular flexibility index (Phi) is 7.30. The molecule has 2 N–H and O–H groups in total. The van der Waals surface area contributed by atoms with Crippen LogP contribution in [0.2, 0.25) is 5.02 Å². The van der Waals surface area contributed by atoms with Crippen LogP contribution >= 0.6 is 11.6 Å². The van der Waals surface area contributed by atoms with Crippen LogP contribution in [0.15, 0.2) is 66.9 Å². The molecule has 0 atom stereocenters. The summed E-state index contributed by atoms with van der Waals surface area (Å²) in [5.74, 6) is 0.816. The van der Waals surface area contributed by atoms with Crippen LogP contribution < -0.4 is 14.8 Å². The van der Waals surface area contributed by atoms with Crippen molar-refractivity contribution in [2.24, 2.45) is 0 Å². The lowest BCUT2D eigenvalue weighted by molar-refractivity contribution is 0.265. The van der Waals surface area contributed by atoms with Gasteiger partial charge in [-0.25, -0.2) is 4.39 Å². The summed E-state index contributed by atoms with van der Waals surface area (Å²) >= 11 is 6.10. The lowest BCUT2D eigenvalue weighted by Crippen LogP contribution is -2.16. The maximum absolute atomic E-state index is 14.0. The number of benzene rings is 3. The second-order valence-electron chi connectivity index (χ2n) is 7.49. The molecule has 0 fully saturated rings. The summed E-state index contributed by atoms with van der Waals surface area (Å²) < 4.78 is 25.6. The first-order valence-electron chi connectivity index (χ1n) is 10.7. The fourth-order valence-electron chi connectivity index (χ4n) is 3.66. The van der Waals surface area contributed by atoms with E-state index >= 15 is 0 Å². The molecule has 0 aliphatic heterocycles. The number of rotatable bonds is 10. The van der Waals surface area contributed by atoms with Gasteiger partial charge in [-0.3, -0.25) is 0 Å². The van der Waals surface area contributed by atoms with E-state index in [9.17, 15) is 4.39 Å². The summed E-state index contributed by atoms with van der Waals surface area (Å²) in [5, 5.41) is 5.10. The summed E-state index contributed by atoms with van der Waals surface area (Å²) in [6.07, 6.45) is 3.01. The fourth-order valence-corrected chi connectivity index (χ4v) is 3.88. The molecule has 4 rings (SSSR count). The molecule has 166 valence electrons. The third-order valence-corrected chi connectivity index (χ3v) is 5.67. The molecule has 0 saturated heterocycles. The zero-order valence-electron chi connectivity index (χ0n) is 18.0. The average Bonchev–Trinajstić information content (AvgIpc) is 3.21. The number of hydrogen-bond acceptors (Lipinski definition) is 3. The first-order valence-corrected chi connectivity index (χ1v) is 11.1. The van der Waals surface area contributed by atoms with Crippen molar-refractivity contribution in [2.75, 3.05) is 13.2 Å². The minimum absolute atomic E-state index is 0.0355. The van der Waals surface area contributed by atoms with Crippen LogP contribution in [0.25, 0.3) is 10.9 Å². The van der Waals surface area contributed by atoms with Crippen LogP contribution in [-0.4, -0.2) is 18.1 Å². The van der Waals surface area contributed by atoms with Gasteiger partial charge < -0.3 is 19.8 Å². The van der Waals surface area contributed by atoms with E-state index in [1.165, 1.54) is 17.0 Å². The van der Waals surface area contributed by atoms with Gasteiger partial charge in [0.05, 0.1) is 11.6 Å². The van der Waals surface area contributed by atoms with Gasteiger partial charge in [-0.1, -0.05) is 41.9 Å². The first kappa shape index (κ1) is 22.2. The summed E-state index contributed by atoms with van der Waals surface area (Å²) in [6.45, 7) is 4.03. The Morgan fingerprint density at radius 3 is 2.72 bits per heavy atom. The Bertz CT molecular complexity index is 1170. The molecular formula is C26H26ClFN2O2. The van der Waals surface area contributed by atoms with Gasteiger partial charge in [-0.05, 0) is 61.3 Å². The molecule has 0 aliphatic carbocycles. The molecule has 0 bridgehead atoms. The van der Waals surface area contributed by atoms with Crippen molar-refractivity contribution in [3.8, 4) is 11.5 Å². The number of hydrogen-bond donors (Lipinski definition) is 2. The second kappa shape index (κ2) is 10.5. The number of aromatic amines is 1. The van der Waals surface area contributed by atoms with Gasteiger partial charge in [-0.2, -0.15) is 0 Å². The molecule has 0 unspecified atom stereocenters. The number of ether oxygens (including phenoxy) is 2. The molecule has 0 saturated carbocycles. The molecule has 0 aliphatic rings. The average molecular weight is 453 g/mol. The van der Waals surface area contributed by atoms with E-state index in [0.29, 0.717) is 35.2 Å². The van der Waals surface area contributed by atoms with Crippen molar-refractivity contribution in [1.29, 1.82) is 0 Å². The molecule has 32 heavy (non-hydrogen) atoms. The lowest BCUT2D eigenvalue weighted by atomic mass is 10.1. The zero-order valence-corrected chi connectivity index (χ0v) is 18.7. The summed E-state index contributed by atoms with van der Waals surface area (Å²) in [5.41, 5.74) is 3.89. The van der Waals surface area contributed by atoms with Gasteiger partial charge in [-0.15, -0.1) is 0 Å². The first-order chi connectivity index (χ1) is 15.7. The highest BCUT2D eigenvalue weighted by Crippen LogP contribution is 2.30. The fraction of sp³-hybridized carbons (Fsp3) is 0.231. The Labute approximate surface area is 192 Å². The highest BCUT2D eigenvalue weighted by atomic mass is 35.5. The standard InChI is InChI=1S/C26H26ClFN2O2/c1-2-31-26-14-18(10-11-25(26)32-17-21-22(27)7-5-8-23(21)28)15-29-13-12-19-16-30-24-9-4-3-6-20(19)24/h3-11,14,16,29-30H,2,12-13,15,17H2,1H3. The molecule has 6 heteroatoms. The highest BCUT2D eigenvalue weighted by molar-refractivity contribution is 6.31. The molecule has 3 aromatic carbocycles. The van der Waals surface area contributed by atoms with Crippen LogP contribution in [0, 0.1) is 5.82 Å². The number of fused-ring (bicyclic) bond motifs is 1. The number of para-hydroxylation sites is 1. The number of halogens is 2. The Morgan fingerprint density at radius 1 is 1.00 bits per heavy atom. The van der Waals surface area contributed by atoms with Gasteiger partial charge in [0.1, 0.15) is 12.4 Å². The number of aromatic nitrogens is 1. The van der Waals surface area contributed by atoms with Gasteiger partial charge in [0, 0.05) is 29.2 Å². The molecule has 0 radical (unpaired) electrons. The van der Waals surface area contributed by atoms with E-state index in [4.69, 9.17) is 21.1 Å². The summed E-state index contributed by atoms with van der Waals surface area (Å²) in [7, 11) is 0. The Morgan fingerprint density at radius 2 is 1.88 bits per heavy atom. The summed E-state index contributed by atoms with van der Waals surface area (Å²) in [4.78, 5) is 3.32. The van der Waals surface area contributed by atoms with Crippen molar-refractivity contribution in [2.45, 2.75) is 26.5 Å². The Balaban J connectivity index is 1.35. The van der Waals surface area contributed by atoms with Crippen LogP contribution in [-0.2, 0) is 19.6 Å². The van der Waals surface area contributed by atoms with Crippen LogP contribution in [0.3, 0.4) is 0 Å². The van der Waals surface area contributed by atoms with Gasteiger partial charge >= 0.3 is 0 Å². The largest absolute Gasteiger partial charge is 0.490 e. The zero-order chi connectivity index (χ0) is 22.3. The maximum atomic E-state index is 14.0. The third kappa shape index (κ3) is 5.23. The van der Waals surface area contributed by atoms with Gasteiger partial charge in [0.15, 0.2) is 11.5 Å². The number of nitrogens with one attached hydrogen (secondary N) is 2. The molecule has 0 amide bonds. The quantitative estimate of drug-likeness (QED) is 0.279. The van der Waals surface area contributed by atoms with E-state index in [2.05, 4.69) is 34.7 Å². The van der Waals surface area contributed by atoms with Crippen molar-refractivity contribution >= 4 is 22.5 Å². The van der Waals surface area contributed by atoms with Crippen molar-refractivity contribution in [3.05, 3.63) is 94.4 Å². The maximum Gasteiger partial charge on any atom is 0.161 e. The van der Waals surface area contributed by atoms with Crippen molar-refractivity contribution in [3.63, 3.8) is 0 Å². The minimum atomic E-state index is -0.383. The molecule has 4 aromatic rings. The molecule has 0 spiro atoms. The lowest BCUT2D eigenvalue weighted by Gasteiger charge is -2.14. The van der Waals surface area contributed by atoms with Crippen LogP contribution in [0.4, 0.5) is 4.39 Å². The van der Waals surface area contributed by atoms with E-state index in [1.807, 2.05) is 31.2 Å². The monoisotopic (exact) mass is 452 g/mol. The minimum Gasteiger partial charge on any atom is -0.490 e. The molecular weight excluding hydrogens is 427 g/mol. The van der Waals surface area contributed by atoms with Crippen molar-refractivity contribution < 1.29 is 13.9 Å².